The molecule has 2 fully saturated rings. The van der Waals surface area contributed by atoms with Crippen LogP contribution < -0.4 is 10.6 Å². The van der Waals surface area contributed by atoms with E-state index in [0.717, 1.165) is 25.8 Å². The molecule has 2 N–H and O–H groups in total. The first kappa shape index (κ1) is 13.7. The van der Waals surface area contributed by atoms with Crippen LogP contribution in [0.15, 0.2) is 12.2 Å². The molecule has 4 heteroatoms. The highest BCUT2D eigenvalue weighted by Gasteiger charge is 2.42. The van der Waals surface area contributed by atoms with Gasteiger partial charge in [0.15, 0.2) is 0 Å². The van der Waals surface area contributed by atoms with Gasteiger partial charge in [-0.15, -0.1) is 0 Å². The summed E-state index contributed by atoms with van der Waals surface area (Å²) >= 11 is 0. The average Bonchev–Trinajstić information content (AvgIpc) is 2.48. The second-order valence-electron chi connectivity index (χ2n) is 6.38. The molecule has 3 rings (SSSR count). The molecule has 3 atom stereocenters. The van der Waals surface area contributed by atoms with Crippen molar-refractivity contribution in [2.75, 3.05) is 6.54 Å². The molecule has 0 aromatic carbocycles. The number of allylic oxidation sites excluding steroid dienone is 2. The summed E-state index contributed by atoms with van der Waals surface area (Å²) in [6.07, 6.45) is 11.8. The normalized spacial score (nSPS) is 34.2. The zero-order valence-corrected chi connectivity index (χ0v) is 11.9. The molecule has 0 radical (unpaired) electrons. The van der Waals surface area contributed by atoms with Crippen LogP contribution in [0.1, 0.15) is 44.9 Å². The van der Waals surface area contributed by atoms with E-state index in [4.69, 9.17) is 0 Å². The Hall–Kier alpha value is -1.32. The van der Waals surface area contributed by atoms with E-state index in [1.165, 1.54) is 19.3 Å². The van der Waals surface area contributed by atoms with Crippen LogP contribution in [0.25, 0.3) is 0 Å². The van der Waals surface area contributed by atoms with Crippen molar-refractivity contribution >= 4 is 11.8 Å². The molecular weight excluding hydrogens is 252 g/mol. The molecule has 1 aliphatic heterocycles. The second kappa shape index (κ2) is 5.98. The second-order valence-corrected chi connectivity index (χ2v) is 6.38. The maximum absolute atomic E-state index is 12.5. The fourth-order valence-corrected chi connectivity index (χ4v) is 3.92. The molecule has 4 nitrogen and oxygen atoms in total. The molecule has 0 spiro atoms. The summed E-state index contributed by atoms with van der Waals surface area (Å²) in [5.74, 6) is 0.0758. The minimum atomic E-state index is -0.174. The molecule has 0 aromatic heterocycles. The molecule has 0 bridgehead atoms. The van der Waals surface area contributed by atoms with Crippen molar-refractivity contribution in [2.45, 2.75) is 51.0 Å². The first-order valence-electron chi connectivity index (χ1n) is 8.00. The minimum Gasteiger partial charge on any atom is -0.356 e. The Morgan fingerprint density at radius 3 is 2.80 bits per heavy atom. The van der Waals surface area contributed by atoms with Crippen molar-refractivity contribution in [3.05, 3.63) is 12.2 Å². The van der Waals surface area contributed by atoms with E-state index >= 15 is 0 Å². The molecule has 0 unspecified atom stereocenters. The van der Waals surface area contributed by atoms with Crippen LogP contribution in [0.5, 0.6) is 0 Å². The number of carbonyl (C=O) groups is 2. The monoisotopic (exact) mass is 276 g/mol. The van der Waals surface area contributed by atoms with Crippen molar-refractivity contribution in [3.8, 4) is 0 Å². The third kappa shape index (κ3) is 2.74. The van der Waals surface area contributed by atoms with Gasteiger partial charge in [0, 0.05) is 12.6 Å². The Morgan fingerprint density at radius 1 is 1.20 bits per heavy atom. The Balaban J connectivity index is 1.66. The molecule has 20 heavy (non-hydrogen) atoms. The van der Waals surface area contributed by atoms with Gasteiger partial charge in [-0.05, 0) is 31.6 Å². The standard InChI is InChI=1S/C16H24N2O2/c19-15(18-12-6-2-1-3-7-12)13-8-4-5-11-9-10-17-16(20)14(11)13/h4-5,11-14H,1-3,6-10H2,(H,17,20)(H,18,19)/t11-,13-,14+/m0/s1. The molecule has 3 aliphatic rings. The number of nitrogens with one attached hydrogen (secondary N) is 2. The molecule has 2 aliphatic carbocycles. The molecule has 2 amide bonds. The highest BCUT2D eigenvalue weighted by atomic mass is 16.2. The third-order valence-electron chi connectivity index (χ3n) is 5.04. The summed E-state index contributed by atoms with van der Waals surface area (Å²) < 4.78 is 0. The molecular formula is C16H24N2O2. The van der Waals surface area contributed by atoms with Crippen molar-refractivity contribution in [2.24, 2.45) is 17.8 Å². The van der Waals surface area contributed by atoms with Crippen molar-refractivity contribution < 1.29 is 9.59 Å². The summed E-state index contributed by atoms with van der Waals surface area (Å²) in [5.41, 5.74) is 0. The van der Waals surface area contributed by atoms with Crippen molar-refractivity contribution in [3.63, 3.8) is 0 Å². The van der Waals surface area contributed by atoms with E-state index in [-0.39, 0.29) is 29.6 Å². The zero-order chi connectivity index (χ0) is 13.9. The lowest BCUT2D eigenvalue weighted by Crippen LogP contribution is -2.51. The Morgan fingerprint density at radius 2 is 2.00 bits per heavy atom. The number of hydrogen-bond acceptors (Lipinski definition) is 2. The van der Waals surface area contributed by atoms with Crippen molar-refractivity contribution in [1.29, 1.82) is 0 Å². The molecule has 110 valence electrons. The highest BCUT2D eigenvalue weighted by molar-refractivity contribution is 5.89. The molecule has 0 aromatic rings. The van der Waals surface area contributed by atoms with Gasteiger partial charge in [-0.3, -0.25) is 9.59 Å². The predicted molar refractivity (Wildman–Crippen MR) is 76.9 cm³/mol. The van der Waals surface area contributed by atoms with E-state index in [9.17, 15) is 9.59 Å². The van der Waals surface area contributed by atoms with Crippen LogP contribution in [0.2, 0.25) is 0 Å². The maximum Gasteiger partial charge on any atom is 0.224 e. The first-order valence-corrected chi connectivity index (χ1v) is 8.00. The lowest BCUT2D eigenvalue weighted by atomic mass is 9.72. The highest BCUT2D eigenvalue weighted by Crippen LogP contribution is 2.35. The number of amides is 2. The fourth-order valence-electron chi connectivity index (χ4n) is 3.92. The molecule has 1 saturated heterocycles. The summed E-state index contributed by atoms with van der Waals surface area (Å²) in [6, 6.07) is 0.326. The van der Waals surface area contributed by atoms with E-state index in [0.29, 0.717) is 12.5 Å². The third-order valence-corrected chi connectivity index (χ3v) is 5.04. The lowest BCUT2D eigenvalue weighted by Gasteiger charge is -2.37. The summed E-state index contributed by atoms with van der Waals surface area (Å²) in [7, 11) is 0. The smallest absolute Gasteiger partial charge is 0.224 e. The summed E-state index contributed by atoms with van der Waals surface area (Å²) in [4.78, 5) is 24.7. The van der Waals surface area contributed by atoms with Gasteiger partial charge < -0.3 is 10.6 Å². The zero-order valence-electron chi connectivity index (χ0n) is 11.9. The van der Waals surface area contributed by atoms with Gasteiger partial charge in [-0.25, -0.2) is 0 Å². The first-order chi connectivity index (χ1) is 9.75. The maximum atomic E-state index is 12.5. The Kier molecular flexibility index (Phi) is 4.08. The SMILES string of the molecule is O=C1NCC[C@@H]2C=CC[C@H](C(=O)NC3CCCCC3)[C@H]12. The Labute approximate surface area is 120 Å². The van der Waals surface area contributed by atoms with Crippen LogP contribution in [0.4, 0.5) is 0 Å². The topological polar surface area (TPSA) is 58.2 Å². The van der Waals surface area contributed by atoms with E-state index in [1.54, 1.807) is 0 Å². The quantitative estimate of drug-likeness (QED) is 0.755. The largest absolute Gasteiger partial charge is 0.356 e. The average molecular weight is 276 g/mol. The summed E-state index contributed by atoms with van der Waals surface area (Å²) in [6.45, 7) is 0.737. The van der Waals surface area contributed by atoms with Crippen LogP contribution in [-0.2, 0) is 9.59 Å². The number of fused-ring (bicyclic) bond motifs is 1. The summed E-state index contributed by atoms with van der Waals surface area (Å²) in [5, 5.41) is 6.11. The van der Waals surface area contributed by atoms with Crippen LogP contribution in [-0.4, -0.2) is 24.4 Å². The number of carbonyl (C=O) groups excluding carboxylic acids is 2. The van der Waals surface area contributed by atoms with E-state index < -0.39 is 0 Å². The van der Waals surface area contributed by atoms with Gasteiger partial charge >= 0.3 is 0 Å². The van der Waals surface area contributed by atoms with Gasteiger partial charge in [0.05, 0.1) is 11.8 Å². The van der Waals surface area contributed by atoms with E-state index in [2.05, 4.69) is 22.8 Å². The Bertz CT molecular complexity index is 413. The number of rotatable bonds is 2. The van der Waals surface area contributed by atoms with Crippen molar-refractivity contribution in [1.82, 2.24) is 10.6 Å². The van der Waals surface area contributed by atoms with Gasteiger partial charge in [0.25, 0.3) is 0 Å². The van der Waals surface area contributed by atoms with Gasteiger partial charge in [0.1, 0.15) is 0 Å². The van der Waals surface area contributed by atoms with Crippen LogP contribution >= 0.6 is 0 Å². The lowest BCUT2D eigenvalue weighted by molar-refractivity contribution is -0.138. The molecule has 1 heterocycles. The van der Waals surface area contributed by atoms with Gasteiger partial charge in [-0.1, -0.05) is 31.4 Å². The number of piperidine rings is 1. The van der Waals surface area contributed by atoms with Gasteiger partial charge in [-0.2, -0.15) is 0 Å². The number of hydrogen-bond donors (Lipinski definition) is 2. The van der Waals surface area contributed by atoms with E-state index in [1.807, 2.05) is 0 Å². The predicted octanol–water partition coefficient (Wildman–Crippen LogP) is 1.76. The van der Waals surface area contributed by atoms with Crippen LogP contribution in [0, 0.1) is 17.8 Å². The van der Waals surface area contributed by atoms with Crippen LogP contribution in [0.3, 0.4) is 0 Å². The molecule has 1 saturated carbocycles. The minimum absolute atomic E-state index is 0.0643. The fraction of sp³-hybridized carbons (Fsp3) is 0.750. The van der Waals surface area contributed by atoms with Gasteiger partial charge in [0.2, 0.25) is 11.8 Å².